The number of carboxylic acid groups (broad SMARTS) is 1. The smallest absolute Gasteiger partial charge is 0.321 e. The van der Waals surface area contributed by atoms with Gasteiger partial charge >= 0.3 is 12.0 Å². The average Bonchev–Trinajstić information content (AvgIpc) is 3.34. The normalized spacial score (nSPS) is 23.6. The number of hydrogen-bond donors (Lipinski definition) is 2. The van der Waals surface area contributed by atoms with E-state index in [1.807, 2.05) is 13.0 Å². The Morgan fingerprint density at radius 2 is 2.12 bits per heavy atom. The molecule has 2 unspecified atom stereocenters. The summed E-state index contributed by atoms with van der Waals surface area (Å²) < 4.78 is 5.77. The van der Waals surface area contributed by atoms with Crippen LogP contribution in [0.3, 0.4) is 0 Å². The Bertz CT molecular complexity index is 827. The zero-order chi connectivity index (χ0) is 17.6. The van der Waals surface area contributed by atoms with E-state index in [0.29, 0.717) is 30.2 Å². The lowest BCUT2D eigenvalue weighted by molar-refractivity contribution is -0.143. The van der Waals surface area contributed by atoms with Gasteiger partial charge in [-0.2, -0.15) is 0 Å². The van der Waals surface area contributed by atoms with E-state index >= 15 is 0 Å². The first kappa shape index (κ1) is 15.9. The molecular formula is C18H21N3O4. The van der Waals surface area contributed by atoms with E-state index in [1.165, 1.54) is 0 Å². The van der Waals surface area contributed by atoms with Gasteiger partial charge in [-0.15, -0.1) is 0 Å². The van der Waals surface area contributed by atoms with Crippen LogP contribution >= 0.6 is 0 Å². The second kappa shape index (κ2) is 6.06. The molecule has 1 aromatic carbocycles. The molecule has 7 heteroatoms. The molecule has 1 aliphatic carbocycles. The van der Waals surface area contributed by atoms with Crippen LogP contribution in [0.5, 0.6) is 0 Å². The second-order valence-electron chi connectivity index (χ2n) is 7.22. The van der Waals surface area contributed by atoms with Crippen LogP contribution in [-0.4, -0.2) is 40.1 Å². The molecule has 1 aliphatic heterocycles. The van der Waals surface area contributed by atoms with Crippen LogP contribution in [0.4, 0.5) is 10.5 Å². The fourth-order valence-electron chi connectivity index (χ4n) is 3.42. The highest BCUT2D eigenvalue weighted by Gasteiger charge is 2.32. The van der Waals surface area contributed by atoms with Crippen molar-refractivity contribution in [3.63, 3.8) is 0 Å². The van der Waals surface area contributed by atoms with Gasteiger partial charge in [0.15, 0.2) is 11.5 Å². The molecule has 1 aromatic heterocycles. The Morgan fingerprint density at radius 3 is 2.84 bits per heavy atom. The molecule has 132 valence electrons. The van der Waals surface area contributed by atoms with Crippen LogP contribution in [0.2, 0.25) is 0 Å². The first-order valence-electron chi connectivity index (χ1n) is 8.69. The lowest BCUT2D eigenvalue weighted by atomic mass is 9.91. The molecule has 2 atom stereocenters. The summed E-state index contributed by atoms with van der Waals surface area (Å²) in [5, 5.41) is 12.1. The van der Waals surface area contributed by atoms with Crippen LogP contribution in [0, 0.1) is 11.8 Å². The summed E-state index contributed by atoms with van der Waals surface area (Å²) in [6.45, 7) is 2.77. The van der Waals surface area contributed by atoms with Crippen molar-refractivity contribution in [1.82, 2.24) is 9.88 Å². The van der Waals surface area contributed by atoms with Gasteiger partial charge in [-0.25, -0.2) is 9.78 Å². The number of carboxylic acids is 1. The number of aromatic nitrogens is 1. The van der Waals surface area contributed by atoms with Crippen LogP contribution in [0.15, 0.2) is 22.6 Å². The molecule has 4 rings (SSSR count). The standard InChI is InChI=1S/C18H21N3O4/c1-10-6-12(17(22)23)9-21(8-10)18(24)19-13-4-5-14-15(7-13)25-16(20-14)11-2-3-11/h4-5,7,10-12H,2-3,6,8-9H2,1H3,(H,19,24)(H,22,23). The van der Waals surface area contributed by atoms with Crippen LogP contribution in [0.25, 0.3) is 11.1 Å². The maximum atomic E-state index is 12.5. The monoisotopic (exact) mass is 343 g/mol. The fourth-order valence-corrected chi connectivity index (χ4v) is 3.42. The van der Waals surface area contributed by atoms with Gasteiger partial charge in [-0.05, 0) is 37.3 Å². The third-order valence-electron chi connectivity index (χ3n) is 4.88. The SMILES string of the molecule is CC1CC(C(=O)O)CN(C(=O)Nc2ccc3nc(C4CC4)oc3c2)C1. The van der Waals surface area contributed by atoms with Gasteiger partial charge in [-0.1, -0.05) is 6.92 Å². The van der Waals surface area contributed by atoms with Crippen molar-refractivity contribution in [2.24, 2.45) is 11.8 Å². The molecule has 0 spiro atoms. The number of nitrogens with one attached hydrogen (secondary N) is 1. The van der Waals surface area contributed by atoms with E-state index in [1.54, 1.807) is 17.0 Å². The Kier molecular flexibility index (Phi) is 3.86. The summed E-state index contributed by atoms with van der Waals surface area (Å²) in [4.78, 5) is 29.8. The summed E-state index contributed by atoms with van der Waals surface area (Å²) in [6, 6.07) is 5.12. The quantitative estimate of drug-likeness (QED) is 0.891. The third-order valence-corrected chi connectivity index (χ3v) is 4.88. The summed E-state index contributed by atoms with van der Waals surface area (Å²) in [6.07, 6.45) is 2.84. The molecule has 1 saturated carbocycles. The van der Waals surface area contributed by atoms with Crippen molar-refractivity contribution in [1.29, 1.82) is 0 Å². The number of fused-ring (bicyclic) bond motifs is 1. The Balaban J connectivity index is 1.48. The Labute approximate surface area is 145 Å². The number of likely N-dealkylation sites (tertiary alicyclic amines) is 1. The highest BCUT2D eigenvalue weighted by molar-refractivity contribution is 5.92. The van der Waals surface area contributed by atoms with E-state index in [-0.39, 0.29) is 18.5 Å². The summed E-state index contributed by atoms with van der Waals surface area (Å²) in [7, 11) is 0. The molecule has 2 fully saturated rings. The highest BCUT2D eigenvalue weighted by atomic mass is 16.4. The second-order valence-corrected chi connectivity index (χ2v) is 7.22. The highest BCUT2D eigenvalue weighted by Crippen LogP contribution is 2.40. The number of nitrogens with zero attached hydrogens (tertiary/aromatic N) is 2. The van der Waals surface area contributed by atoms with Crippen molar-refractivity contribution in [3.8, 4) is 0 Å². The number of urea groups is 1. The summed E-state index contributed by atoms with van der Waals surface area (Å²) >= 11 is 0. The number of amides is 2. The van der Waals surface area contributed by atoms with Gasteiger partial charge in [0.2, 0.25) is 0 Å². The van der Waals surface area contributed by atoms with Gasteiger partial charge in [0.25, 0.3) is 0 Å². The Hall–Kier alpha value is -2.57. The van der Waals surface area contributed by atoms with Crippen molar-refractivity contribution in [3.05, 3.63) is 24.1 Å². The minimum Gasteiger partial charge on any atom is -0.481 e. The number of carbonyl (C=O) groups is 2. The number of carbonyl (C=O) groups excluding carboxylic acids is 1. The number of rotatable bonds is 3. The Morgan fingerprint density at radius 1 is 1.32 bits per heavy atom. The lowest BCUT2D eigenvalue weighted by Gasteiger charge is -2.34. The van der Waals surface area contributed by atoms with E-state index in [9.17, 15) is 14.7 Å². The van der Waals surface area contributed by atoms with Crippen molar-refractivity contribution < 1.29 is 19.1 Å². The molecule has 25 heavy (non-hydrogen) atoms. The van der Waals surface area contributed by atoms with E-state index in [4.69, 9.17) is 4.42 Å². The molecule has 2 N–H and O–H groups in total. The molecular weight excluding hydrogens is 322 g/mol. The van der Waals surface area contributed by atoms with E-state index < -0.39 is 11.9 Å². The van der Waals surface area contributed by atoms with Crippen molar-refractivity contribution in [2.75, 3.05) is 18.4 Å². The molecule has 0 radical (unpaired) electrons. The maximum absolute atomic E-state index is 12.5. The topological polar surface area (TPSA) is 95.7 Å². The average molecular weight is 343 g/mol. The number of piperidine rings is 1. The van der Waals surface area contributed by atoms with Gasteiger partial charge < -0.3 is 19.7 Å². The minimum atomic E-state index is -0.847. The molecule has 1 saturated heterocycles. The summed E-state index contributed by atoms with van der Waals surface area (Å²) in [5.74, 6) is 0.0201. The largest absolute Gasteiger partial charge is 0.481 e. The van der Waals surface area contributed by atoms with Gasteiger partial charge in [0, 0.05) is 30.8 Å². The van der Waals surface area contributed by atoms with E-state index in [2.05, 4.69) is 10.3 Å². The van der Waals surface area contributed by atoms with Crippen LogP contribution in [0.1, 0.15) is 38.0 Å². The van der Waals surface area contributed by atoms with Crippen LogP contribution in [-0.2, 0) is 4.79 Å². The minimum absolute atomic E-state index is 0.165. The summed E-state index contributed by atoms with van der Waals surface area (Å²) in [5.41, 5.74) is 2.08. The molecule has 2 heterocycles. The number of hydrogen-bond acceptors (Lipinski definition) is 4. The zero-order valence-corrected chi connectivity index (χ0v) is 14.1. The molecule has 0 bridgehead atoms. The van der Waals surface area contributed by atoms with Crippen molar-refractivity contribution in [2.45, 2.75) is 32.1 Å². The molecule has 7 nitrogen and oxygen atoms in total. The van der Waals surface area contributed by atoms with Crippen LogP contribution < -0.4 is 5.32 Å². The fraction of sp³-hybridized carbons (Fsp3) is 0.500. The predicted octanol–water partition coefficient (Wildman–Crippen LogP) is 3.28. The third kappa shape index (κ3) is 3.31. The number of aliphatic carboxylic acids is 1. The zero-order valence-electron chi connectivity index (χ0n) is 14.1. The van der Waals surface area contributed by atoms with E-state index in [0.717, 1.165) is 24.2 Å². The predicted molar refractivity (Wildman–Crippen MR) is 91.5 cm³/mol. The van der Waals surface area contributed by atoms with Gasteiger partial charge in [0.05, 0.1) is 5.92 Å². The molecule has 2 aliphatic rings. The van der Waals surface area contributed by atoms with Gasteiger partial charge in [0.1, 0.15) is 5.52 Å². The first-order valence-corrected chi connectivity index (χ1v) is 8.69. The number of benzene rings is 1. The number of anilines is 1. The maximum Gasteiger partial charge on any atom is 0.321 e. The first-order chi connectivity index (χ1) is 12.0. The van der Waals surface area contributed by atoms with Gasteiger partial charge in [-0.3, -0.25) is 4.79 Å². The van der Waals surface area contributed by atoms with Crippen molar-refractivity contribution >= 4 is 28.8 Å². The molecule has 2 aromatic rings. The lowest BCUT2D eigenvalue weighted by Crippen LogP contribution is -2.47. The number of oxazole rings is 1. The molecule has 2 amide bonds.